The zero-order chi connectivity index (χ0) is 15.3. The van der Waals surface area contributed by atoms with Gasteiger partial charge in [-0.1, -0.05) is 0 Å². The average molecular weight is 312 g/mol. The molecule has 2 aromatic heterocycles. The molecule has 2 heterocycles. The highest BCUT2D eigenvalue weighted by Crippen LogP contribution is 2.41. The van der Waals surface area contributed by atoms with Crippen molar-refractivity contribution in [1.82, 2.24) is 9.55 Å². The summed E-state index contributed by atoms with van der Waals surface area (Å²) >= 11 is 1.61. The Bertz CT molecular complexity index is 825. The van der Waals surface area contributed by atoms with Gasteiger partial charge in [0.25, 0.3) is 0 Å². The lowest BCUT2D eigenvalue weighted by atomic mass is 10.2. The molecule has 1 aliphatic rings. The molecule has 0 bridgehead atoms. The van der Waals surface area contributed by atoms with Gasteiger partial charge in [-0.2, -0.15) is 0 Å². The van der Waals surface area contributed by atoms with Crippen LogP contribution < -0.4 is 0 Å². The Morgan fingerprint density at radius 3 is 2.59 bits per heavy atom. The number of aromatic nitrogens is 2. The second-order valence-corrected chi connectivity index (χ2v) is 6.79. The van der Waals surface area contributed by atoms with Crippen LogP contribution in [0.2, 0.25) is 0 Å². The van der Waals surface area contributed by atoms with E-state index >= 15 is 0 Å². The van der Waals surface area contributed by atoms with E-state index in [4.69, 9.17) is 4.98 Å². The van der Waals surface area contributed by atoms with Crippen molar-refractivity contribution in [2.45, 2.75) is 32.7 Å². The average Bonchev–Trinajstić information content (AvgIpc) is 3.13. The number of thiazole rings is 1. The highest BCUT2D eigenvalue weighted by atomic mass is 32.1. The summed E-state index contributed by atoms with van der Waals surface area (Å²) in [5, 5.41) is 3.03. The van der Waals surface area contributed by atoms with Crippen molar-refractivity contribution in [1.29, 1.82) is 0 Å². The van der Waals surface area contributed by atoms with E-state index in [1.165, 1.54) is 41.9 Å². The first-order valence-corrected chi connectivity index (χ1v) is 8.41. The van der Waals surface area contributed by atoms with E-state index in [1.807, 2.05) is 0 Å². The van der Waals surface area contributed by atoms with Gasteiger partial charge in [0.2, 0.25) is 0 Å². The largest absolute Gasteiger partial charge is 0.345 e. The van der Waals surface area contributed by atoms with E-state index in [2.05, 4.69) is 29.9 Å². The van der Waals surface area contributed by atoms with Crippen LogP contribution in [-0.2, 0) is 0 Å². The van der Waals surface area contributed by atoms with Crippen molar-refractivity contribution >= 4 is 11.3 Å². The van der Waals surface area contributed by atoms with Crippen LogP contribution in [0, 0.1) is 19.7 Å². The maximum atomic E-state index is 13.0. The van der Waals surface area contributed by atoms with Crippen LogP contribution in [0.25, 0.3) is 21.8 Å². The highest BCUT2D eigenvalue weighted by Gasteiger charge is 2.27. The van der Waals surface area contributed by atoms with E-state index in [0.29, 0.717) is 6.04 Å². The summed E-state index contributed by atoms with van der Waals surface area (Å²) in [5.74, 6) is -0.214. The lowest BCUT2D eigenvalue weighted by molar-refractivity contribution is 0.628. The molecule has 0 aliphatic heterocycles. The Morgan fingerprint density at radius 1 is 1.18 bits per heavy atom. The van der Waals surface area contributed by atoms with Crippen molar-refractivity contribution in [2.75, 3.05) is 0 Å². The van der Waals surface area contributed by atoms with E-state index in [-0.39, 0.29) is 5.82 Å². The predicted octanol–water partition coefficient (Wildman–Crippen LogP) is 5.37. The molecule has 0 N–H and O–H groups in total. The van der Waals surface area contributed by atoms with E-state index in [1.54, 1.807) is 23.5 Å². The molecule has 0 unspecified atom stereocenters. The molecular weight excluding hydrogens is 295 g/mol. The van der Waals surface area contributed by atoms with Crippen LogP contribution in [0.5, 0.6) is 0 Å². The van der Waals surface area contributed by atoms with E-state index in [0.717, 1.165) is 16.3 Å². The molecule has 3 aromatic rings. The lowest BCUT2D eigenvalue weighted by Gasteiger charge is -2.06. The molecule has 0 spiro atoms. The molecule has 112 valence electrons. The Morgan fingerprint density at radius 2 is 1.91 bits per heavy atom. The Kier molecular flexibility index (Phi) is 3.15. The van der Waals surface area contributed by atoms with E-state index < -0.39 is 0 Å². The minimum absolute atomic E-state index is 0.214. The van der Waals surface area contributed by atoms with Gasteiger partial charge in [0.15, 0.2) is 0 Å². The standard InChI is InChI=1S/C18H17FN2S/c1-11-9-16(12(2)21(11)15-7-8-15)17-10-22-18(20-17)13-3-5-14(19)6-4-13/h3-6,9-10,15H,7-8H2,1-2H3. The first-order chi connectivity index (χ1) is 10.6. The number of nitrogens with zero attached hydrogens (tertiary/aromatic N) is 2. The number of rotatable bonds is 3. The quantitative estimate of drug-likeness (QED) is 0.636. The number of benzene rings is 1. The van der Waals surface area contributed by atoms with Crippen molar-refractivity contribution < 1.29 is 4.39 Å². The molecule has 0 saturated heterocycles. The SMILES string of the molecule is Cc1cc(-c2csc(-c3ccc(F)cc3)n2)c(C)n1C1CC1. The minimum Gasteiger partial charge on any atom is -0.345 e. The lowest BCUT2D eigenvalue weighted by Crippen LogP contribution is -1.98. The number of hydrogen-bond donors (Lipinski definition) is 0. The van der Waals surface area contributed by atoms with Crippen LogP contribution in [-0.4, -0.2) is 9.55 Å². The van der Waals surface area contributed by atoms with Crippen molar-refractivity contribution in [3.05, 3.63) is 52.9 Å². The molecule has 0 radical (unpaired) electrons. The number of hydrogen-bond acceptors (Lipinski definition) is 2. The summed E-state index contributed by atoms with van der Waals surface area (Å²) in [7, 11) is 0. The molecule has 1 saturated carbocycles. The normalized spacial score (nSPS) is 14.5. The first kappa shape index (κ1) is 13.7. The van der Waals surface area contributed by atoms with Crippen molar-refractivity contribution in [2.24, 2.45) is 0 Å². The third-order valence-electron chi connectivity index (χ3n) is 4.27. The molecule has 1 aliphatic carbocycles. The van der Waals surface area contributed by atoms with Gasteiger partial charge in [0.05, 0.1) is 5.69 Å². The van der Waals surface area contributed by atoms with Crippen molar-refractivity contribution in [3.8, 4) is 21.8 Å². The number of halogens is 1. The van der Waals surface area contributed by atoms with E-state index in [9.17, 15) is 4.39 Å². The van der Waals surface area contributed by atoms with Gasteiger partial charge in [-0.3, -0.25) is 0 Å². The summed E-state index contributed by atoms with van der Waals surface area (Å²) < 4.78 is 15.5. The highest BCUT2D eigenvalue weighted by molar-refractivity contribution is 7.13. The van der Waals surface area contributed by atoms with Gasteiger partial charge in [-0.25, -0.2) is 9.37 Å². The molecule has 4 heteroatoms. The van der Waals surface area contributed by atoms with Crippen LogP contribution >= 0.6 is 11.3 Å². The topological polar surface area (TPSA) is 17.8 Å². The van der Waals surface area contributed by atoms with Gasteiger partial charge >= 0.3 is 0 Å². The Balaban J connectivity index is 1.72. The maximum absolute atomic E-state index is 13.0. The fourth-order valence-corrected chi connectivity index (χ4v) is 3.88. The second-order valence-electron chi connectivity index (χ2n) is 5.93. The summed E-state index contributed by atoms with van der Waals surface area (Å²) in [6, 6.07) is 9.45. The molecule has 1 aromatic carbocycles. The summed E-state index contributed by atoms with van der Waals surface area (Å²) in [5.41, 5.74) is 5.81. The molecule has 22 heavy (non-hydrogen) atoms. The summed E-state index contributed by atoms with van der Waals surface area (Å²) in [6.45, 7) is 4.35. The van der Waals surface area contributed by atoms with Gasteiger partial charge < -0.3 is 4.57 Å². The molecule has 0 atom stereocenters. The molecular formula is C18H17FN2S. The minimum atomic E-state index is -0.214. The predicted molar refractivity (Wildman–Crippen MR) is 88.7 cm³/mol. The second kappa shape index (κ2) is 5.06. The third-order valence-corrected chi connectivity index (χ3v) is 5.16. The Hall–Kier alpha value is -1.94. The molecule has 0 amide bonds. The zero-order valence-corrected chi connectivity index (χ0v) is 13.5. The molecule has 4 rings (SSSR count). The third kappa shape index (κ3) is 2.28. The zero-order valence-electron chi connectivity index (χ0n) is 12.6. The monoisotopic (exact) mass is 312 g/mol. The van der Waals surface area contributed by atoms with Gasteiger partial charge in [0.1, 0.15) is 10.8 Å². The van der Waals surface area contributed by atoms with Gasteiger partial charge in [0, 0.05) is 33.9 Å². The van der Waals surface area contributed by atoms with Gasteiger partial charge in [-0.15, -0.1) is 11.3 Å². The van der Waals surface area contributed by atoms with Crippen molar-refractivity contribution in [3.63, 3.8) is 0 Å². The molecule has 1 fully saturated rings. The smallest absolute Gasteiger partial charge is 0.124 e. The Labute approximate surface area is 133 Å². The number of aryl methyl sites for hydroxylation is 1. The first-order valence-electron chi connectivity index (χ1n) is 7.54. The van der Waals surface area contributed by atoms with Crippen LogP contribution in [0.15, 0.2) is 35.7 Å². The molecule has 2 nitrogen and oxygen atoms in total. The summed E-state index contributed by atoms with van der Waals surface area (Å²) in [6.07, 6.45) is 2.57. The fraction of sp³-hybridized carbons (Fsp3) is 0.278. The van der Waals surface area contributed by atoms with Crippen LogP contribution in [0.3, 0.4) is 0 Å². The fourth-order valence-electron chi connectivity index (χ4n) is 3.05. The van der Waals surface area contributed by atoms with Crippen LogP contribution in [0.1, 0.15) is 30.3 Å². The summed E-state index contributed by atoms with van der Waals surface area (Å²) in [4.78, 5) is 4.76. The van der Waals surface area contributed by atoms with Gasteiger partial charge in [-0.05, 0) is 57.0 Å². The maximum Gasteiger partial charge on any atom is 0.124 e. The van der Waals surface area contributed by atoms with Crippen LogP contribution in [0.4, 0.5) is 4.39 Å².